The molecule has 0 heterocycles. The van der Waals surface area contributed by atoms with Crippen LogP contribution in [0.3, 0.4) is 0 Å². The van der Waals surface area contributed by atoms with E-state index >= 15 is 0 Å². The Hall–Kier alpha value is 0.880. The zero-order chi connectivity index (χ0) is 15.7. The molecule has 0 radical (unpaired) electrons. The van der Waals surface area contributed by atoms with Crippen molar-refractivity contribution in [3.05, 3.63) is 0 Å². The van der Waals surface area contributed by atoms with Gasteiger partial charge < -0.3 is 18.8 Å². The number of rotatable bonds is 6. The van der Waals surface area contributed by atoms with Crippen LogP contribution in [0.15, 0.2) is 0 Å². The molecule has 124 valence electrons. The molecule has 0 aliphatic heterocycles. The first-order valence-electron chi connectivity index (χ1n) is 7.06. The third-order valence-corrected chi connectivity index (χ3v) is 10.5. The van der Waals surface area contributed by atoms with Gasteiger partial charge in [-0.15, -0.1) is 0 Å². The minimum Gasteiger partial charge on any atom is -0.322 e. The van der Waals surface area contributed by atoms with Gasteiger partial charge in [-0.1, -0.05) is 48.9 Å². The maximum atomic E-state index is 13.0. The van der Waals surface area contributed by atoms with Gasteiger partial charge in [-0.3, -0.25) is 9.13 Å². The monoisotopic (exact) mass is 380 g/mol. The molecule has 0 aromatic carbocycles. The zero-order valence-corrected chi connectivity index (χ0v) is 14.8. The lowest BCUT2D eigenvalue weighted by atomic mass is 10.3. The Balaban J connectivity index is 2.23. The normalized spacial score (nSPS) is 23.0. The summed E-state index contributed by atoms with van der Waals surface area (Å²) >= 11 is 11.5. The summed E-state index contributed by atoms with van der Waals surface area (Å²) < 4.78 is 32.5. The lowest BCUT2D eigenvalue weighted by Crippen LogP contribution is -2.24. The van der Waals surface area contributed by atoms with E-state index in [0.717, 1.165) is 25.7 Å². The lowest BCUT2D eigenvalue weighted by molar-refractivity contribution is 0.116. The average Bonchev–Trinajstić information content (AvgIpc) is 3.00. The fourth-order valence-electron chi connectivity index (χ4n) is 2.69. The number of alkyl halides is 2. The van der Waals surface area contributed by atoms with Crippen LogP contribution >= 0.6 is 38.4 Å². The van der Waals surface area contributed by atoms with Crippen molar-refractivity contribution in [2.75, 3.05) is 0 Å². The molecule has 0 spiro atoms. The molecule has 2 rings (SSSR count). The van der Waals surface area contributed by atoms with Gasteiger partial charge in [-0.2, -0.15) is 0 Å². The number of halogens is 2. The standard InChI is InChI=1S/C11H20Cl2O6P2/c12-11(13,20(14,15)16)21(17,18-9-5-1-2-6-9)19-10-7-3-4-8-10/h9-10H,1-8H2,(H2,14,15,16). The summed E-state index contributed by atoms with van der Waals surface area (Å²) in [6, 6.07) is 0. The van der Waals surface area contributed by atoms with Gasteiger partial charge in [0.25, 0.3) is 0 Å². The van der Waals surface area contributed by atoms with Gasteiger partial charge in [0.05, 0.1) is 12.2 Å². The van der Waals surface area contributed by atoms with Crippen molar-refractivity contribution in [3.8, 4) is 0 Å². The highest BCUT2D eigenvalue weighted by Crippen LogP contribution is 2.79. The van der Waals surface area contributed by atoms with Crippen LogP contribution in [0.1, 0.15) is 51.4 Å². The summed E-state index contributed by atoms with van der Waals surface area (Å²) in [5.74, 6) is 0. The summed E-state index contributed by atoms with van der Waals surface area (Å²) in [5, 5.41) is 0. The first-order valence-corrected chi connectivity index (χ1v) is 11.0. The van der Waals surface area contributed by atoms with Crippen LogP contribution in [0, 0.1) is 0 Å². The largest absolute Gasteiger partial charge is 0.379 e. The fourth-order valence-corrected chi connectivity index (χ4v) is 6.24. The molecule has 0 saturated heterocycles. The average molecular weight is 381 g/mol. The maximum Gasteiger partial charge on any atom is 0.379 e. The highest BCUT2D eigenvalue weighted by atomic mass is 35.5. The molecular weight excluding hydrogens is 361 g/mol. The second-order valence-corrected chi connectivity index (χ2v) is 12.2. The molecule has 2 N–H and O–H groups in total. The molecule has 10 heteroatoms. The highest BCUT2D eigenvalue weighted by molar-refractivity contribution is 7.79. The van der Waals surface area contributed by atoms with E-state index in [-0.39, 0.29) is 12.2 Å². The van der Waals surface area contributed by atoms with Gasteiger partial charge in [-0.25, -0.2) is 0 Å². The molecule has 2 aliphatic carbocycles. The van der Waals surface area contributed by atoms with Crippen molar-refractivity contribution in [1.29, 1.82) is 0 Å². The maximum absolute atomic E-state index is 13.0. The topological polar surface area (TPSA) is 93.1 Å². The zero-order valence-electron chi connectivity index (χ0n) is 11.5. The Morgan fingerprint density at radius 1 is 0.857 bits per heavy atom. The van der Waals surface area contributed by atoms with E-state index in [2.05, 4.69) is 0 Å². The third-order valence-electron chi connectivity index (χ3n) is 3.86. The van der Waals surface area contributed by atoms with Crippen LogP contribution in [0.4, 0.5) is 0 Å². The summed E-state index contributed by atoms with van der Waals surface area (Å²) in [4.78, 5) is 18.7. The van der Waals surface area contributed by atoms with Gasteiger partial charge in [0.15, 0.2) is 0 Å². The van der Waals surface area contributed by atoms with E-state index < -0.39 is 19.0 Å². The molecule has 0 atom stereocenters. The van der Waals surface area contributed by atoms with E-state index in [1.54, 1.807) is 0 Å². The first-order chi connectivity index (χ1) is 9.66. The van der Waals surface area contributed by atoms with Crippen molar-refractivity contribution < 1.29 is 28.0 Å². The second-order valence-electron chi connectivity index (χ2n) is 5.57. The molecule has 2 saturated carbocycles. The van der Waals surface area contributed by atoms with E-state index in [0.29, 0.717) is 25.7 Å². The highest BCUT2D eigenvalue weighted by Gasteiger charge is 2.63. The van der Waals surface area contributed by atoms with Crippen LogP contribution in [-0.2, 0) is 18.2 Å². The Labute approximate surface area is 134 Å². The summed E-state index contributed by atoms with van der Waals surface area (Å²) in [7, 11) is -9.46. The third kappa shape index (κ3) is 4.05. The van der Waals surface area contributed by atoms with Crippen LogP contribution < -0.4 is 0 Å². The predicted molar refractivity (Wildman–Crippen MR) is 80.8 cm³/mol. The van der Waals surface area contributed by atoms with E-state index in [9.17, 15) is 18.9 Å². The minimum atomic E-state index is -5.09. The molecule has 21 heavy (non-hydrogen) atoms. The number of hydrogen-bond donors (Lipinski definition) is 2. The van der Waals surface area contributed by atoms with E-state index in [1.807, 2.05) is 0 Å². The molecule has 0 aromatic rings. The molecule has 6 nitrogen and oxygen atoms in total. The second kappa shape index (κ2) is 6.78. The van der Waals surface area contributed by atoms with Gasteiger partial charge in [0.2, 0.25) is 0 Å². The minimum absolute atomic E-state index is 0.388. The van der Waals surface area contributed by atoms with Crippen LogP contribution in [0.2, 0.25) is 0 Å². The van der Waals surface area contributed by atoms with Crippen molar-refractivity contribution in [3.63, 3.8) is 0 Å². The molecule has 0 bridgehead atoms. The molecule has 2 aliphatic rings. The van der Waals surface area contributed by atoms with Gasteiger partial charge >= 0.3 is 19.0 Å². The fraction of sp³-hybridized carbons (Fsp3) is 1.00. The Kier molecular flexibility index (Phi) is 5.89. The van der Waals surface area contributed by atoms with Gasteiger partial charge in [0, 0.05) is 0 Å². The Morgan fingerprint density at radius 3 is 1.48 bits per heavy atom. The van der Waals surface area contributed by atoms with Crippen LogP contribution in [0.25, 0.3) is 0 Å². The van der Waals surface area contributed by atoms with Crippen LogP contribution in [-0.4, -0.2) is 25.8 Å². The van der Waals surface area contributed by atoms with Crippen molar-refractivity contribution in [2.24, 2.45) is 0 Å². The van der Waals surface area contributed by atoms with Crippen molar-refractivity contribution >= 4 is 38.4 Å². The van der Waals surface area contributed by atoms with Crippen molar-refractivity contribution in [2.45, 2.75) is 67.4 Å². The molecule has 0 unspecified atom stereocenters. The Morgan fingerprint density at radius 2 is 1.19 bits per heavy atom. The van der Waals surface area contributed by atoms with Crippen LogP contribution in [0.5, 0.6) is 0 Å². The summed E-state index contributed by atoms with van der Waals surface area (Å²) in [5.41, 5.74) is 0. The molecule has 0 amide bonds. The first kappa shape index (κ1) is 18.2. The van der Waals surface area contributed by atoms with E-state index in [1.165, 1.54) is 0 Å². The SMILES string of the molecule is O=P(O)(O)C(Cl)(Cl)P(=O)(OC1CCCC1)OC1CCCC1. The molecule has 0 aromatic heterocycles. The van der Waals surface area contributed by atoms with Gasteiger partial charge in [-0.05, 0) is 25.7 Å². The number of hydrogen-bond acceptors (Lipinski definition) is 4. The molecular formula is C11H20Cl2O6P2. The lowest BCUT2D eigenvalue weighted by Gasteiger charge is -2.33. The quantitative estimate of drug-likeness (QED) is 0.525. The predicted octanol–water partition coefficient (Wildman–Crippen LogP) is 4.36. The molecule has 2 fully saturated rings. The summed E-state index contributed by atoms with van der Waals surface area (Å²) in [6.07, 6.45) is 5.46. The Bertz CT molecular complexity index is 432. The summed E-state index contributed by atoms with van der Waals surface area (Å²) in [6.45, 7) is 0. The van der Waals surface area contributed by atoms with E-state index in [4.69, 9.17) is 32.2 Å². The smallest absolute Gasteiger partial charge is 0.322 e. The van der Waals surface area contributed by atoms with Gasteiger partial charge in [0.1, 0.15) is 0 Å². The van der Waals surface area contributed by atoms with Crippen molar-refractivity contribution in [1.82, 2.24) is 0 Å².